The molecule has 0 aliphatic heterocycles. The second-order valence-corrected chi connectivity index (χ2v) is 8.38. The number of alkyl halides is 2. The van der Waals surface area contributed by atoms with E-state index < -0.39 is 5.92 Å². The number of hydrogen-bond donors (Lipinski definition) is 0. The predicted octanol–water partition coefficient (Wildman–Crippen LogP) is 6.69. The first-order valence-corrected chi connectivity index (χ1v) is 8.50. The fraction of sp³-hybridized carbons (Fsp3) is 1.00. The molecule has 0 radical (unpaired) electrons. The molecule has 0 aromatic carbocycles. The molecule has 0 amide bonds. The Kier molecular flexibility index (Phi) is 6.47. The third kappa shape index (κ3) is 6.54. The van der Waals surface area contributed by atoms with Gasteiger partial charge in [-0.25, -0.2) is 8.78 Å². The molecule has 20 heavy (non-hydrogen) atoms. The average molecular weight is 288 g/mol. The normalized spacial score (nSPS) is 24.4. The largest absolute Gasteiger partial charge is 0.248 e. The Balaban J connectivity index is 0.000000200. The maximum absolute atomic E-state index is 12.2. The van der Waals surface area contributed by atoms with Crippen molar-refractivity contribution < 1.29 is 8.78 Å². The molecule has 0 aromatic heterocycles. The second kappa shape index (κ2) is 7.22. The van der Waals surface area contributed by atoms with E-state index in [9.17, 15) is 8.78 Å². The van der Waals surface area contributed by atoms with Gasteiger partial charge in [0.2, 0.25) is 5.92 Å². The van der Waals surface area contributed by atoms with E-state index in [2.05, 4.69) is 34.6 Å². The molecule has 2 heteroatoms. The van der Waals surface area contributed by atoms with Gasteiger partial charge in [-0.2, -0.15) is 0 Å². The van der Waals surface area contributed by atoms with E-state index in [1.54, 1.807) is 0 Å². The van der Waals surface area contributed by atoms with Crippen LogP contribution >= 0.6 is 0 Å². The highest BCUT2D eigenvalue weighted by atomic mass is 19.3. The lowest BCUT2D eigenvalue weighted by atomic mass is 9.77. The Morgan fingerprint density at radius 2 is 1.45 bits per heavy atom. The van der Waals surface area contributed by atoms with Gasteiger partial charge in [0.25, 0.3) is 0 Å². The van der Waals surface area contributed by atoms with Crippen molar-refractivity contribution in [1.29, 1.82) is 0 Å². The van der Waals surface area contributed by atoms with Crippen molar-refractivity contribution in [2.75, 3.05) is 0 Å². The van der Waals surface area contributed by atoms with Crippen LogP contribution in [-0.2, 0) is 0 Å². The lowest BCUT2D eigenvalue weighted by Crippen LogP contribution is -2.35. The Bertz CT molecular complexity index is 264. The lowest BCUT2D eigenvalue weighted by Gasteiger charge is -2.35. The van der Waals surface area contributed by atoms with E-state index in [0.717, 1.165) is 12.3 Å². The van der Waals surface area contributed by atoms with Gasteiger partial charge in [0, 0.05) is 12.8 Å². The van der Waals surface area contributed by atoms with Crippen LogP contribution in [0.25, 0.3) is 0 Å². The van der Waals surface area contributed by atoms with Crippen LogP contribution in [-0.4, -0.2) is 5.92 Å². The maximum Gasteiger partial charge on any atom is 0.248 e. The molecule has 0 atom stereocenters. The zero-order valence-electron chi connectivity index (χ0n) is 14.1. The molecule has 0 nitrogen and oxygen atoms in total. The number of rotatable bonds is 4. The maximum atomic E-state index is 12.2. The van der Waals surface area contributed by atoms with E-state index in [1.165, 1.54) is 32.1 Å². The van der Waals surface area contributed by atoms with Crippen LogP contribution in [0.1, 0.15) is 86.0 Å². The number of hydrogen-bond acceptors (Lipinski definition) is 0. The van der Waals surface area contributed by atoms with Crippen molar-refractivity contribution >= 4 is 0 Å². The summed E-state index contributed by atoms with van der Waals surface area (Å²) in [6.45, 7) is 11.3. The van der Waals surface area contributed by atoms with Crippen molar-refractivity contribution in [3.8, 4) is 0 Å². The average Bonchev–Trinajstić information content (AvgIpc) is 2.60. The van der Waals surface area contributed by atoms with Crippen LogP contribution in [0.5, 0.6) is 0 Å². The van der Waals surface area contributed by atoms with E-state index in [1.807, 2.05) is 0 Å². The SMILES string of the molecule is CC(C)CC1(C)CCCC1.CC(C)CC1CC(F)(F)C1. The van der Waals surface area contributed by atoms with Crippen molar-refractivity contribution in [3.63, 3.8) is 0 Å². The molecule has 0 spiro atoms. The van der Waals surface area contributed by atoms with Crippen LogP contribution < -0.4 is 0 Å². The highest BCUT2D eigenvalue weighted by molar-refractivity contribution is 4.86. The van der Waals surface area contributed by atoms with E-state index >= 15 is 0 Å². The molecular weight excluding hydrogens is 254 g/mol. The van der Waals surface area contributed by atoms with E-state index in [-0.39, 0.29) is 12.8 Å². The summed E-state index contributed by atoms with van der Waals surface area (Å²) >= 11 is 0. The van der Waals surface area contributed by atoms with Crippen molar-refractivity contribution in [2.45, 2.75) is 91.9 Å². The Hall–Kier alpha value is -0.140. The minimum Gasteiger partial charge on any atom is -0.207 e. The molecule has 0 unspecified atom stereocenters. The molecule has 2 aliphatic carbocycles. The van der Waals surface area contributed by atoms with Gasteiger partial charge in [-0.15, -0.1) is 0 Å². The molecule has 0 bridgehead atoms. The second-order valence-electron chi connectivity index (χ2n) is 8.38. The minimum atomic E-state index is -2.32. The van der Waals surface area contributed by atoms with Gasteiger partial charge < -0.3 is 0 Å². The fourth-order valence-corrected chi connectivity index (χ4v) is 4.04. The summed E-state index contributed by atoms with van der Waals surface area (Å²) in [6, 6.07) is 0. The van der Waals surface area contributed by atoms with Crippen molar-refractivity contribution in [1.82, 2.24) is 0 Å². The third-order valence-corrected chi connectivity index (χ3v) is 4.69. The van der Waals surface area contributed by atoms with Gasteiger partial charge in [-0.1, -0.05) is 47.5 Å². The third-order valence-electron chi connectivity index (χ3n) is 4.69. The standard InChI is InChI=1S/C10H20.C8H14F2/c1-9(2)8-10(3)6-4-5-7-10;1-6(2)3-7-4-8(9,10)5-7/h9H,4-8H2,1-3H3;6-7H,3-5H2,1-2H3. The van der Waals surface area contributed by atoms with Gasteiger partial charge >= 0.3 is 0 Å². The molecule has 0 aromatic rings. The predicted molar refractivity (Wildman–Crippen MR) is 83.2 cm³/mol. The van der Waals surface area contributed by atoms with Crippen molar-refractivity contribution in [3.05, 3.63) is 0 Å². The zero-order chi connectivity index (χ0) is 15.4. The van der Waals surface area contributed by atoms with Gasteiger partial charge in [0.15, 0.2) is 0 Å². The van der Waals surface area contributed by atoms with Crippen LogP contribution in [0.2, 0.25) is 0 Å². The summed E-state index contributed by atoms with van der Waals surface area (Å²) in [5, 5.41) is 0. The molecule has 2 rings (SSSR count). The summed E-state index contributed by atoms with van der Waals surface area (Å²) < 4.78 is 24.5. The lowest BCUT2D eigenvalue weighted by molar-refractivity contribution is -0.114. The van der Waals surface area contributed by atoms with Gasteiger partial charge in [-0.3, -0.25) is 0 Å². The molecule has 0 saturated heterocycles. The molecule has 2 aliphatic rings. The summed E-state index contributed by atoms with van der Waals surface area (Å²) in [6.07, 6.45) is 8.57. The van der Waals surface area contributed by atoms with Gasteiger partial charge in [0.1, 0.15) is 0 Å². The molecule has 0 heterocycles. The zero-order valence-corrected chi connectivity index (χ0v) is 14.1. The minimum absolute atomic E-state index is 0.130. The first-order valence-electron chi connectivity index (χ1n) is 8.50. The summed E-state index contributed by atoms with van der Waals surface area (Å²) in [7, 11) is 0. The highest BCUT2D eigenvalue weighted by Gasteiger charge is 2.44. The fourth-order valence-electron chi connectivity index (χ4n) is 4.04. The summed E-state index contributed by atoms with van der Waals surface area (Å²) in [5.41, 5.74) is 0.716. The first kappa shape index (κ1) is 17.9. The quantitative estimate of drug-likeness (QED) is 0.540. The first-order chi connectivity index (χ1) is 9.12. The molecule has 2 fully saturated rings. The van der Waals surface area contributed by atoms with Crippen LogP contribution in [0.4, 0.5) is 8.78 Å². The van der Waals surface area contributed by atoms with E-state index in [0.29, 0.717) is 17.3 Å². The van der Waals surface area contributed by atoms with Crippen molar-refractivity contribution in [2.24, 2.45) is 23.2 Å². The van der Waals surface area contributed by atoms with Crippen LogP contribution in [0.3, 0.4) is 0 Å². The Morgan fingerprint density at radius 3 is 1.80 bits per heavy atom. The topological polar surface area (TPSA) is 0 Å². The van der Waals surface area contributed by atoms with E-state index in [4.69, 9.17) is 0 Å². The smallest absolute Gasteiger partial charge is 0.207 e. The van der Waals surface area contributed by atoms with Gasteiger partial charge in [0.05, 0.1) is 0 Å². The molecule has 120 valence electrons. The Morgan fingerprint density at radius 1 is 0.950 bits per heavy atom. The highest BCUT2D eigenvalue weighted by Crippen LogP contribution is 2.45. The van der Waals surface area contributed by atoms with Crippen LogP contribution in [0.15, 0.2) is 0 Å². The number of halogens is 2. The Labute approximate surface area is 124 Å². The summed E-state index contributed by atoms with van der Waals surface area (Å²) in [4.78, 5) is 0. The molecular formula is C18H34F2. The monoisotopic (exact) mass is 288 g/mol. The van der Waals surface area contributed by atoms with Crippen LogP contribution in [0, 0.1) is 23.2 Å². The molecule has 0 N–H and O–H groups in total. The summed E-state index contributed by atoms with van der Waals surface area (Å²) in [5.74, 6) is -0.557. The molecule has 2 saturated carbocycles. The van der Waals surface area contributed by atoms with Gasteiger partial charge in [-0.05, 0) is 48.9 Å².